The molecule has 1 aromatic heterocycles. The highest BCUT2D eigenvalue weighted by Crippen LogP contribution is 1.98. The van der Waals surface area contributed by atoms with Crippen LogP contribution in [-0.2, 0) is 9.59 Å². The van der Waals surface area contributed by atoms with Gasteiger partial charge in [-0.15, -0.1) is 0 Å². The van der Waals surface area contributed by atoms with Crippen molar-refractivity contribution in [1.82, 2.24) is 20.8 Å². The third-order valence-electron chi connectivity index (χ3n) is 2.26. The summed E-state index contributed by atoms with van der Waals surface area (Å²) < 4.78 is 0. The summed E-state index contributed by atoms with van der Waals surface area (Å²) in [4.78, 5) is 33.3. The number of carbonyl (C=O) groups excluding carboxylic acids is 2. The van der Waals surface area contributed by atoms with Crippen molar-refractivity contribution >= 4 is 17.6 Å². The van der Waals surface area contributed by atoms with Crippen molar-refractivity contribution in [3.8, 4) is 0 Å². The lowest BCUT2D eigenvalue weighted by Crippen LogP contribution is -2.56. The minimum absolute atomic E-state index is 0.108. The van der Waals surface area contributed by atoms with Crippen LogP contribution < -0.4 is 21.5 Å². The van der Waals surface area contributed by atoms with E-state index in [1.807, 2.05) is 0 Å². The molecule has 2 amide bonds. The predicted molar refractivity (Wildman–Crippen MR) is 58.3 cm³/mol. The van der Waals surface area contributed by atoms with Gasteiger partial charge in [0.25, 0.3) is 5.56 Å². The van der Waals surface area contributed by atoms with Gasteiger partial charge < -0.3 is 10.6 Å². The van der Waals surface area contributed by atoms with Crippen LogP contribution in [0.25, 0.3) is 0 Å². The Morgan fingerprint density at radius 1 is 1.41 bits per heavy atom. The normalized spacial score (nSPS) is 19.5. The van der Waals surface area contributed by atoms with Gasteiger partial charge in [-0.25, -0.2) is 5.10 Å². The zero-order chi connectivity index (χ0) is 12.3. The Morgan fingerprint density at radius 2 is 2.24 bits per heavy atom. The number of anilines is 1. The summed E-state index contributed by atoms with van der Waals surface area (Å²) in [6.07, 6.45) is 0. The Morgan fingerprint density at radius 3 is 2.82 bits per heavy atom. The van der Waals surface area contributed by atoms with E-state index in [4.69, 9.17) is 0 Å². The number of hydrogen-bond acceptors (Lipinski definition) is 5. The quantitative estimate of drug-likeness (QED) is 0.465. The highest BCUT2D eigenvalue weighted by molar-refractivity contribution is 5.95. The Hall–Kier alpha value is -2.22. The molecular formula is C9H11N5O3. The maximum Gasteiger partial charge on any atom is 0.264 e. The highest BCUT2D eigenvalue weighted by Gasteiger charge is 2.23. The minimum Gasteiger partial charge on any atom is -0.353 e. The first-order chi connectivity index (χ1) is 8.15. The van der Waals surface area contributed by atoms with Crippen molar-refractivity contribution in [1.29, 1.82) is 0 Å². The highest BCUT2D eigenvalue weighted by atomic mass is 16.2. The van der Waals surface area contributed by atoms with Crippen LogP contribution in [0.1, 0.15) is 0 Å². The summed E-state index contributed by atoms with van der Waals surface area (Å²) in [6.45, 7) is 0.338. The number of aromatic amines is 1. The second-order valence-corrected chi connectivity index (χ2v) is 3.53. The van der Waals surface area contributed by atoms with Crippen LogP contribution in [0.5, 0.6) is 0 Å². The fourth-order valence-corrected chi connectivity index (χ4v) is 1.38. The molecule has 0 spiro atoms. The van der Waals surface area contributed by atoms with Crippen molar-refractivity contribution in [2.45, 2.75) is 6.04 Å². The Bertz CT molecular complexity index is 467. The molecule has 1 unspecified atom stereocenters. The van der Waals surface area contributed by atoms with E-state index >= 15 is 0 Å². The van der Waals surface area contributed by atoms with Gasteiger partial charge in [-0.3, -0.25) is 19.7 Å². The maximum absolute atomic E-state index is 11.7. The number of piperazine rings is 1. The molecule has 1 fully saturated rings. The second-order valence-electron chi connectivity index (χ2n) is 3.53. The first-order valence-electron chi connectivity index (χ1n) is 5.02. The van der Waals surface area contributed by atoms with Gasteiger partial charge in [0.1, 0.15) is 6.04 Å². The lowest BCUT2D eigenvalue weighted by molar-refractivity contribution is -0.124. The fraction of sp³-hybridized carbons (Fsp3) is 0.333. The average Bonchev–Trinajstić information content (AvgIpc) is 2.33. The lowest BCUT2D eigenvalue weighted by atomic mass is 10.2. The summed E-state index contributed by atoms with van der Waals surface area (Å²) in [7, 11) is 0. The van der Waals surface area contributed by atoms with Crippen LogP contribution >= 0.6 is 0 Å². The first kappa shape index (κ1) is 11.3. The number of nitrogens with one attached hydrogen (secondary N) is 4. The molecule has 1 saturated heterocycles. The summed E-state index contributed by atoms with van der Waals surface area (Å²) in [5, 5.41) is 13.7. The van der Waals surface area contributed by atoms with E-state index in [1.54, 1.807) is 0 Å². The number of hydrogen-bond donors (Lipinski definition) is 4. The topological polar surface area (TPSA) is 116 Å². The van der Waals surface area contributed by atoms with Gasteiger partial charge in [-0.1, -0.05) is 0 Å². The molecule has 4 N–H and O–H groups in total. The van der Waals surface area contributed by atoms with Crippen LogP contribution in [0, 0.1) is 0 Å². The molecule has 1 atom stereocenters. The van der Waals surface area contributed by atoms with Gasteiger partial charge in [0.15, 0.2) is 5.82 Å². The molecule has 0 bridgehead atoms. The Kier molecular flexibility index (Phi) is 3.15. The maximum atomic E-state index is 11.7. The molecule has 0 radical (unpaired) electrons. The van der Waals surface area contributed by atoms with Crippen molar-refractivity contribution in [2.24, 2.45) is 0 Å². The molecule has 0 aromatic carbocycles. The van der Waals surface area contributed by atoms with Crippen molar-refractivity contribution in [3.63, 3.8) is 0 Å². The van der Waals surface area contributed by atoms with E-state index < -0.39 is 6.04 Å². The molecular weight excluding hydrogens is 226 g/mol. The van der Waals surface area contributed by atoms with Crippen LogP contribution in [0.3, 0.4) is 0 Å². The molecule has 2 heterocycles. The van der Waals surface area contributed by atoms with Gasteiger partial charge in [0.05, 0.1) is 6.54 Å². The zero-order valence-corrected chi connectivity index (χ0v) is 8.82. The van der Waals surface area contributed by atoms with E-state index in [9.17, 15) is 14.4 Å². The largest absolute Gasteiger partial charge is 0.353 e. The average molecular weight is 237 g/mol. The fourth-order valence-electron chi connectivity index (χ4n) is 1.38. The second kappa shape index (κ2) is 4.74. The molecule has 1 aliphatic heterocycles. The SMILES string of the molecule is O=C1CNC(C(=O)Nc2ccc(=O)[nH]n2)CN1. The molecule has 17 heavy (non-hydrogen) atoms. The third kappa shape index (κ3) is 2.88. The van der Waals surface area contributed by atoms with E-state index in [2.05, 4.69) is 26.1 Å². The number of aromatic nitrogens is 2. The molecule has 8 heteroatoms. The van der Waals surface area contributed by atoms with Crippen LogP contribution in [0.2, 0.25) is 0 Å². The molecule has 8 nitrogen and oxygen atoms in total. The number of carbonyl (C=O) groups is 2. The van der Waals surface area contributed by atoms with E-state index in [1.165, 1.54) is 12.1 Å². The number of amides is 2. The van der Waals surface area contributed by atoms with E-state index in [-0.39, 0.29) is 36.3 Å². The van der Waals surface area contributed by atoms with E-state index in [0.29, 0.717) is 0 Å². The molecule has 0 saturated carbocycles. The van der Waals surface area contributed by atoms with Gasteiger partial charge in [-0.05, 0) is 6.07 Å². The van der Waals surface area contributed by atoms with Crippen molar-refractivity contribution in [3.05, 3.63) is 22.5 Å². The van der Waals surface area contributed by atoms with Gasteiger partial charge in [0.2, 0.25) is 11.8 Å². The number of H-pyrrole nitrogens is 1. The zero-order valence-electron chi connectivity index (χ0n) is 8.82. The van der Waals surface area contributed by atoms with Crippen LogP contribution in [-0.4, -0.2) is 41.1 Å². The minimum atomic E-state index is -0.499. The Balaban J connectivity index is 1.95. The Labute approximate surface area is 95.8 Å². The van der Waals surface area contributed by atoms with Crippen LogP contribution in [0.4, 0.5) is 5.82 Å². The molecule has 0 aliphatic carbocycles. The molecule has 90 valence electrons. The van der Waals surface area contributed by atoms with Gasteiger partial charge in [0, 0.05) is 12.6 Å². The summed E-state index contributed by atoms with van der Waals surface area (Å²) >= 11 is 0. The van der Waals surface area contributed by atoms with Crippen LogP contribution in [0.15, 0.2) is 16.9 Å². The van der Waals surface area contributed by atoms with Gasteiger partial charge in [-0.2, -0.15) is 5.10 Å². The smallest absolute Gasteiger partial charge is 0.264 e. The molecule has 1 aliphatic rings. The lowest BCUT2D eigenvalue weighted by Gasteiger charge is -2.22. The summed E-state index contributed by atoms with van der Waals surface area (Å²) in [5.41, 5.74) is -0.342. The predicted octanol–water partition coefficient (Wildman–Crippen LogP) is -2.20. The standard InChI is InChI=1S/C9H11N5O3/c15-7-2-1-6(13-14-7)12-9(17)5-3-11-8(16)4-10-5/h1-2,5,10H,3-4H2,(H,11,16)(H,14,15)(H,12,13,17). The number of nitrogens with zero attached hydrogens (tertiary/aromatic N) is 1. The van der Waals surface area contributed by atoms with Crippen molar-refractivity contribution in [2.75, 3.05) is 18.4 Å². The summed E-state index contributed by atoms with van der Waals surface area (Å²) in [6, 6.07) is 2.16. The van der Waals surface area contributed by atoms with Gasteiger partial charge >= 0.3 is 0 Å². The first-order valence-corrected chi connectivity index (χ1v) is 5.02. The monoisotopic (exact) mass is 237 g/mol. The molecule has 1 aromatic rings. The van der Waals surface area contributed by atoms with E-state index in [0.717, 1.165) is 0 Å². The summed E-state index contributed by atoms with van der Waals surface area (Å²) in [5.74, 6) is -0.200. The third-order valence-corrected chi connectivity index (χ3v) is 2.26. The number of rotatable bonds is 2. The van der Waals surface area contributed by atoms with Crippen molar-refractivity contribution < 1.29 is 9.59 Å². The molecule has 2 rings (SSSR count).